The number of hydrogen-bond acceptors (Lipinski definition) is 2. The first-order valence-electron chi connectivity index (χ1n) is 7.40. The molecule has 3 fully saturated rings. The zero-order chi connectivity index (χ0) is 11.9. The molecule has 0 aromatic carbocycles. The predicted octanol–water partition coefficient (Wildman–Crippen LogP) is 3.63. The smallest absolute Gasteiger partial charge is 0.138 e. The van der Waals surface area contributed by atoms with E-state index < -0.39 is 0 Å². The third-order valence-electron chi connectivity index (χ3n) is 5.19. The van der Waals surface area contributed by atoms with E-state index in [4.69, 9.17) is 4.74 Å². The molecular formula is C15H24O2. The minimum atomic E-state index is -0.0552. The van der Waals surface area contributed by atoms with Crippen LogP contribution in [0.3, 0.4) is 0 Å². The van der Waals surface area contributed by atoms with Crippen LogP contribution < -0.4 is 0 Å². The van der Waals surface area contributed by atoms with Crippen LogP contribution in [0.5, 0.6) is 0 Å². The maximum absolute atomic E-state index is 12.1. The molecule has 1 saturated carbocycles. The Morgan fingerprint density at radius 2 is 2.24 bits per heavy atom. The Morgan fingerprint density at radius 1 is 1.35 bits per heavy atom. The number of carbonyl (C=O) groups is 1. The van der Waals surface area contributed by atoms with Gasteiger partial charge in [-0.3, -0.25) is 4.79 Å². The third-order valence-corrected chi connectivity index (χ3v) is 5.19. The first-order valence-corrected chi connectivity index (χ1v) is 7.40. The molecule has 96 valence electrons. The van der Waals surface area contributed by atoms with Crippen LogP contribution in [0.1, 0.15) is 71.1 Å². The van der Waals surface area contributed by atoms with Crippen molar-refractivity contribution in [2.45, 2.75) is 82.3 Å². The fourth-order valence-electron chi connectivity index (χ4n) is 4.50. The van der Waals surface area contributed by atoms with Crippen molar-refractivity contribution in [1.82, 2.24) is 0 Å². The van der Waals surface area contributed by atoms with E-state index in [0.717, 1.165) is 12.8 Å². The molecule has 1 aliphatic carbocycles. The molecule has 1 unspecified atom stereocenters. The van der Waals surface area contributed by atoms with Crippen LogP contribution in [-0.2, 0) is 9.53 Å². The van der Waals surface area contributed by atoms with Crippen molar-refractivity contribution in [1.29, 1.82) is 0 Å². The van der Waals surface area contributed by atoms with Gasteiger partial charge in [-0.2, -0.15) is 0 Å². The minimum Gasteiger partial charge on any atom is -0.367 e. The molecule has 2 aliphatic heterocycles. The number of hydrogen-bond donors (Lipinski definition) is 0. The van der Waals surface area contributed by atoms with Gasteiger partial charge in [-0.05, 0) is 31.6 Å². The van der Waals surface area contributed by atoms with Crippen LogP contribution in [0.15, 0.2) is 0 Å². The van der Waals surface area contributed by atoms with Gasteiger partial charge in [0.1, 0.15) is 5.78 Å². The number of ketones is 1. The average molecular weight is 236 g/mol. The number of rotatable bonds is 3. The average Bonchev–Trinajstić information content (AvgIpc) is 2.53. The Labute approximate surface area is 104 Å². The molecule has 2 heterocycles. The normalized spacial score (nSPS) is 44.8. The van der Waals surface area contributed by atoms with Crippen molar-refractivity contribution in [3.63, 3.8) is 0 Å². The fourth-order valence-corrected chi connectivity index (χ4v) is 4.50. The summed E-state index contributed by atoms with van der Waals surface area (Å²) in [6.45, 7) is 2.22. The summed E-state index contributed by atoms with van der Waals surface area (Å²) in [4.78, 5) is 12.1. The summed E-state index contributed by atoms with van der Waals surface area (Å²) in [6, 6.07) is 0. The highest BCUT2D eigenvalue weighted by Crippen LogP contribution is 2.57. The predicted molar refractivity (Wildman–Crippen MR) is 66.9 cm³/mol. The molecular weight excluding hydrogens is 212 g/mol. The van der Waals surface area contributed by atoms with Crippen molar-refractivity contribution in [2.24, 2.45) is 5.92 Å². The van der Waals surface area contributed by atoms with E-state index >= 15 is 0 Å². The Bertz CT molecular complexity index is 325. The number of fused-ring (bicyclic) bond motifs is 1. The highest BCUT2D eigenvalue weighted by molar-refractivity contribution is 5.82. The molecule has 0 amide bonds. The van der Waals surface area contributed by atoms with Crippen LogP contribution in [-0.4, -0.2) is 17.0 Å². The first-order chi connectivity index (χ1) is 8.18. The number of carbonyl (C=O) groups excluding carboxylic acids is 1. The van der Waals surface area contributed by atoms with Gasteiger partial charge < -0.3 is 4.74 Å². The topological polar surface area (TPSA) is 26.3 Å². The number of ether oxygens (including phenoxy) is 1. The molecule has 0 radical (unpaired) electrons. The summed E-state index contributed by atoms with van der Waals surface area (Å²) in [5.74, 6) is 1.15. The zero-order valence-corrected chi connectivity index (χ0v) is 11.0. The Balaban J connectivity index is 1.84. The highest BCUT2D eigenvalue weighted by Gasteiger charge is 2.60. The van der Waals surface area contributed by atoms with Gasteiger partial charge in [0.2, 0.25) is 0 Å². The Hall–Kier alpha value is -0.370. The van der Waals surface area contributed by atoms with Crippen LogP contribution in [0.2, 0.25) is 0 Å². The van der Waals surface area contributed by atoms with Gasteiger partial charge >= 0.3 is 0 Å². The number of unbranched alkanes of at least 4 members (excludes halogenated alkanes) is 1. The summed E-state index contributed by atoms with van der Waals surface area (Å²) >= 11 is 0. The van der Waals surface area contributed by atoms with E-state index in [-0.39, 0.29) is 11.2 Å². The van der Waals surface area contributed by atoms with Gasteiger partial charge in [-0.15, -0.1) is 0 Å². The molecule has 1 spiro atoms. The maximum atomic E-state index is 12.1. The van der Waals surface area contributed by atoms with Gasteiger partial charge in [0.15, 0.2) is 0 Å². The molecule has 2 saturated heterocycles. The lowest BCUT2D eigenvalue weighted by atomic mass is 9.73. The standard InChI is InChI=1S/C15H24O2/c1-2-3-7-14-9-12-6-4-5-8-15(12,17-14)11-13(16)10-14/h12H,2-11H2,1H3/t12?,14-,15-/m0/s1. The van der Waals surface area contributed by atoms with Crippen molar-refractivity contribution in [3.05, 3.63) is 0 Å². The second kappa shape index (κ2) is 4.08. The molecule has 2 heteroatoms. The fraction of sp³-hybridized carbons (Fsp3) is 0.933. The van der Waals surface area contributed by atoms with Crippen molar-refractivity contribution < 1.29 is 9.53 Å². The van der Waals surface area contributed by atoms with Crippen LogP contribution >= 0.6 is 0 Å². The molecule has 3 atom stereocenters. The summed E-state index contributed by atoms with van der Waals surface area (Å²) in [5.41, 5.74) is -0.0817. The Kier molecular flexibility index (Phi) is 2.81. The van der Waals surface area contributed by atoms with Crippen LogP contribution in [0.25, 0.3) is 0 Å². The van der Waals surface area contributed by atoms with Crippen LogP contribution in [0, 0.1) is 5.92 Å². The molecule has 2 bridgehead atoms. The van der Waals surface area contributed by atoms with Gasteiger partial charge in [0.25, 0.3) is 0 Å². The monoisotopic (exact) mass is 236 g/mol. The maximum Gasteiger partial charge on any atom is 0.138 e. The first kappa shape index (κ1) is 11.7. The van der Waals surface area contributed by atoms with E-state index in [1.54, 1.807) is 0 Å². The molecule has 0 aromatic heterocycles. The van der Waals surface area contributed by atoms with Gasteiger partial charge in [0.05, 0.1) is 11.2 Å². The molecule has 0 aromatic rings. The minimum absolute atomic E-state index is 0.0265. The van der Waals surface area contributed by atoms with Crippen molar-refractivity contribution in [2.75, 3.05) is 0 Å². The summed E-state index contributed by atoms with van der Waals surface area (Å²) < 4.78 is 6.53. The van der Waals surface area contributed by atoms with E-state index in [9.17, 15) is 4.79 Å². The quantitative estimate of drug-likeness (QED) is 0.748. The van der Waals surface area contributed by atoms with Gasteiger partial charge in [-0.1, -0.05) is 32.6 Å². The molecule has 3 aliphatic rings. The highest BCUT2D eigenvalue weighted by atomic mass is 16.5. The zero-order valence-electron chi connectivity index (χ0n) is 11.0. The van der Waals surface area contributed by atoms with Crippen molar-refractivity contribution >= 4 is 5.78 Å². The molecule has 0 N–H and O–H groups in total. The lowest BCUT2D eigenvalue weighted by molar-refractivity contribution is -0.172. The second-order valence-corrected chi connectivity index (χ2v) is 6.49. The molecule has 3 rings (SSSR count). The number of Topliss-reactive ketones (excluding diaryl/α,β-unsaturated/α-hetero) is 1. The molecule has 2 nitrogen and oxygen atoms in total. The van der Waals surface area contributed by atoms with E-state index in [0.29, 0.717) is 24.5 Å². The van der Waals surface area contributed by atoms with E-state index in [1.165, 1.54) is 38.5 Å². The SMILES string of the molecule is CCCC[C@@]12CC(=O)C[C@]3(CCCCC3C1)O2. The van der Waals surface area contributed by atoms with E-state index in [1.807, 2.05) is 0 Å². The second-order valence-electron chi connectivity index (χ2n) is 6.49. The third kappa shape index (κ3) is 1.85. The van der Waals surface area contributed by atoms with Crippen molar-refractivity contribution in [3.8, 4) is 0 Å². The lowest BCUT2D eigenvalue weighted by Crippen LogP contribution is -2.47. The largest absolute Gasteiger partial charge is 0.367 e. The molecule has 17 heavy (non-hydrogen) atoms. The van der Waals surface area contributed by atoms with Crippen LogP contribution in [0.4, 0.5) is 0 Å². The van der Waals surface area contributed by atoms with Gasteiger partial charge in [0, 0.05) is 12.8 Å². The summed E-state index contributed by atoms with van der Waals surface area (Å²) in [5, 5.41) is 0. The lowest BCUT2D eigenvalue weighted by Gasteiger charge is -2.43. The summed E-state index contributed by atoms with van der Waals surface area (Å²) in [7, 11) is 0. The summed E-state index contributed by atoms with van der Waals surface area (Å²) in [6.07, 6.45) is 11.1. The van der Waals surface area contributed by atoms with Gasteiger partial charge in [-0.25, -0.2) is 0 Å². The Morgan fingerprint density at radius 3 is 3.06 bits per heavy atom. The van der Waals surface area contributed by atoms with E-state index in [2.05, 4.69) is 6.92 Å².